The van der Waals surface area contributed by atoms with Crippen LogP contribution >= 0.6 is 11.8 Å². The monoisotopic (exact) mass is 329 g/mol. The number of sulfonamides is 1. The predicted octanol–water partition coefficient (Wildman–Crippen LogP) is 2.20. The predicted molar refractivity (Wildman–Crippen MR) is 85.9 cm³/mol. The van der Waals surface area contributed by atoms with Gasteiger partial charge < -0.3 is 5.11 Å². The normalized spacial score (nSPS) is 13.4. The highest BCUT2D eigenvalue weighted by Crippen LogP contribution is 2.14. The minimum absolute atomic E-state index is 0.122. The van der Waals surface area contributed by atoms with Crippen LogP contribution in [0.4, 0.5) is 0 Å². The summed E-state index contributed by atoms with van der Waals surface area (Å²) in [6, 6.07) is 6.06. The molecule has 0 aliphatic heterocycles. The molecular weight excluding hydrogens is 310 g/mol. The Bertz CT molecular complexity index is 611. The Labute approximate surface area is 129 Å². The van der Waals surface area contributed by atoms with Crippen LogP contribution in [-0.4, -0.2) is 37.5 Å². The average molecular weight is 329 g/mol. The second-order valence-corrected chi connectivity index (χ2v) is 7.05. The van der Waals surface area contributed by atoms with E-state index in [1.54, 1.807) is 23.9 Å². The highest BCUT2D eigenvalue weighted by Gasteiger charge is 2.18. The first-order valence-electron chi connectivity index (χ1n) is 6.41. The maximum atomic E-state index is 12.3. The van der Waals surface area contributed by atoms with Gasteiger partial charge in [-0.3, -0.25) is 0 Å². The molecule has 0 saturated carbocycles. The number of hydrogen-bond acceptors (Lipinski definition) is 4. The molecule has 0 aliphatic rings. The van der Waals surface area contributed by atoms with Crippen LogP contribution in [0.15, 0.2) is 35.2 Å². The van der Waals surface area contributed by atoms with Gasteiger partial charge in [0.25, 0.3) is 0 Å². The van der Waals surface area contributed by atoms with E-state index in [9.17, 15) is 13.2 Å². The molecule has 0 bridgehead atoms. The van der Waals surface area contributed by atoms with Crippen molar-refractivity contribution >= 4 is 33.8 Å². The lowest BCUT2D eigenvalue weighted by Gasteiger charge is -2.16. The number of benzene rings is 1. The van der Waals surface area contributed by atoms with E-state index in [0.29, 0.717) is 17.7 Å². The molecule has 1 rings (SSSR count). The standard InChI is InChI=1S/C14H19NO4S2/c1-3-12(10-20-2)15-21(18,19)13-6-4-5-11(9-13)7-8-14(16)17/h4-9,12,15H,3,10H2,1-2H3,(H,16,17)/b8-7+. The average Bonchev–Trinajstić information content (AvgIpc) is 2.44. The Morgan fingerprint density at radius 2 is 2.19 bits per heavy atom. The number of thioether (sulfide) groups is 1. The first-order valence-corrected chi connectivity index (χ1v) is 9.29. The van der Waals surface area contributed by atoms with Crippen molar-refractivity contribution in [1.82, 2.24) is 4.72 Å². The first kappa shape index (κ1) is 17.7. The third-order valence-corrected chi connectivity index (χ3v) is 5.02. The van der Waals surface area contributed by atoms with Crippen molar-refractivity contribution in [2.45, 2.75) is 24.3 Å². The molecule has 0 fully saturated rings. The molecule has 0 aliphatic carbocycles. The fraction of sp³-hybridized carbons (Fsp3) is 0.357. The zero-order chi connectivity index (χ0) is 15.9. The van der Waals surface area contributed by atoms with Gasteiger partial charge in [-0.1, -0.05) is 19.1 Å². The lowest BCUT2D eigenvalue weighted by atomic mass is 10.2. The van der Waals surface area contributed by atoms with E-state index in [1.165, 1.54) is 18.2 Å². The van der Waals surface area contributed by atoms with Crippen LogP contribution < -0.4 is 4.72 Å². The van der Waals surface area contributed by atoms with Crippen molar-refractivity contribution in [3.8, 4) is 0 Å². The molecule has 116 valence electrons. The summed E-state index contributed by atoms with van der Waals surface area (Å²) in [5.41, 5.74) is 0.526. The second-order valence-electron chi connectivity index (χ2n) is 4.43. The number of rotatable bonds is 8. The van der Waals surface area contributed by atoms with Crippen molar-refractivity contribution in [2.75, 3.05) is 12.0 Å². The first-order chi connectivity index (χ1) is 9.89. The van der Waals surface area contributed by atoms with E-state index < -0.39 is 16.0 Å². The van der Waals surface area contributed by atoms with Crippen molar-refractivity contribution < 1.29 is 18.3 Å². The van der Waals surface area contributed by atoms with Crippen LogP contribution in [0, 0.1) is 0 Å². The van der Waals surface area contributed by atoms with Gasteiger partial charge in [0.2, 0.25) is 10.0 Å². The molecule has 1 aromatic rings. The van der Waals surface area contributed by atoms with Crippen molar-refractivity contribution in [2.24, 2.45) is 0 Å². The molecule has 1 aromatic carbocycles. The van der Waals surface area contributed by atoms with Gasteiger partial charge in [0.15, 0.2) is 0 Å². The Kier molecular flexibility index (Phi) is 6.94. The van der Waals surface area contributed by atoms with E-state index in [1.807, 2.05) is 13.2 Å². The Balaban J connectivity index is 2.98. The molecule has 1 atom stereocenters. The quantitative estimate of drug-likeness (QED) is 0.714. The van der Waals surface area contributed by atoms with Crippen LogP contribution in [0.25, 0.3) is 6.08 Å². The SMILES string of the molecule is CCC(CSC)NS(=O)(=O)c1cccc(/C=C/C(=O)O)c1. The maximum absolute atomic E-state index is 12.3. The molecule has 0 amide bonds. The second kappa shape index (κ2) is 8.21. The number of carboxylic acid groups (broad SMARTS) is 1. The fourth-order valence-electron chi connectivity index (χ4n) is 1.68. The minimum Gasteiger partial charge on any atom is -0.478 e. The maximum Gasteiger partial charge on any atom is 0.328 e. The molecule has 0 radical (unpaired) electrons. The number of aliphatic carboxylic acids is 1. The highest BCUT2D eigenvalue weighted by molar-refractivity contribution is 7.98. The van der Waals surface area contributed by atoms with Gasteiger partial charge >= 0.3 is 5.97 Å². The summed E-state index contributed by atoms with van der Waals surface area (Å²) in [4.78, 5) is 10.6. The van der Waals surface area contributed by atoms with Crippen LogP contribution in [0.1, 0.15) is 18.9 Å². The van der Waals surface area contributed by atoms with Gasteiger partial charge in [0, 0.05) is 17.9 Å². The lowest BCUT2D eigenvalue weighted by molar-refractivity contribution is -0.131. The molecule has 0 aromatic heterocycles. The van der Waals surface area contributed by atoms with E-state index in [4.69, 9.17) is 5.11 Å². The molecule has 1 unspecified atom stereocenters. The molecule has 0 saturated heterocycles. The van der Waals surface area contributed by atoms with E-state index in [2.05, 4.69) is 4.72 Å². The van der Waals surface area contributed by atoms with Gasteiger partial charge in [0.05, 0.1) is 4.90 Å². The van der Waals surface area contributed by atoms with Gasteiger partial charge in [-0.25, -0.2) is 17.9 Å². The molecular formula is C14H19NO4S2. The summed E-state index contributed by atoms with van der Waals surface area (Å²) >= 11 is 1.58. The zero-order valence-electron chi connectivity index (χ0n) is 11.9. The Morgan fingerprint density at radius 3 is 2.76 bits per heavy atom. The third kappa shape index (κ3) is 5.91. The van der Waals surface area contributed by atoms with Gasteiger partial charge in [-0.15, -0.1) is 0 Å². The van der Waals surface area contributed by atoms with Crippen LogP contribution in [0.3, 0.4) is 0 Å². The van der Waals surface area contributed by atoms with E-state index in [0.717, 1.165) is 6.08 Å². The number of carbonyl (C=O) groups is 1. The lowest BCUT2D eigenvalue weighted by Crippen LogP contribution is -2.36. The largest absolute Gasteiger partial charge is 0.478 e. The Morgan fingerprint density at radius 1 is 1.48 bits per heavy atom. The fourth-order valence-corrected chi connectivity index (χ4v) is 3.88. The van der Waals surface area contributed by atoms with Gasteiger partial charge in [-0.2, -0.15) is 11.8 Å². The highest BCUT2D eigenvalue weighted by atomic mass is 32.2. The zero-order valence-corrected chi connectivity index (χ0v) is 13.6. The number of nitrogens with one attached hydrogen (secondary N) is 1. The van der Waals surface area contributed by atoms with E-state index in [-0.39, 0.29) is 10.9 Å². The molecule has 5 nitrogen and oxygen atoms in total. The summed E-state index contributed by atoms with van der Waals surface area (Å²) in [5.74, 6) is -0.374. The molecule has 21 heavy (non-hydrogen) atoms. The minimum atomic E-state index is -3.60. The molecule has 0 spiro atoms. The summed E-state index contributed by atoms with van der Waals surface area (Å²) < 4.78 is 27.3. The topological polar surface area (TPSA) is 83.5 Å². The smallest absolute Gasteiger partial charge is 0.328 e. The van der Waals surface area contributed by atoms with Crippen molar-refractivity contribution in [3.63, 3.8) is 0 Å². The van der Waals surface area contributed by atoms with Gasteiger partial charge in [0.1, 0.15) is 0 Å². The Hall–Kier alpha value is -1.31. The summed E-state index contributed by atoms with van der Waals surface area (Å²) in [6.45, 7) is 1.93. The third-order valence-electron chi connectivity index (χ3n) is 2.77. The summed E-state index contributed by atoms with van der Waals surface area (Å²) in [6.07, 6.45) is 4.97. The van der Waals surface area contributed by atoms with Crippen molar-refractivity contribution in [1.29, 1.82) is 0 Å². The van der Waals surface area contributed by atoms with Crippen molar-refractivity contribution in [3.05, 3.63) is 35.9 Å². The van der Waals surface area contributed by atoms with Crippen LogP contribution in [0.2, 0.25) is 0 Å². The summed E-state index contributed by atoms with van der Waals surface area (Å²) in [5, 5.41) is 8.59. The molecule has 2 N–H and O–H groups in total. The van der Waals surface area contributed by atoms with E-state index >= 15 is 0 Å². The number of carboxylic acids is 1. The number of hydrogen-bond donors (Lipinski definition) is 2. The van der Waals surface area contributed by atoms with Crippen LogP contribution in [0.5, 0.6) is 0 Å². The molecule has 7 heteroatoms. The molecule has 0 heterocycles. The van der Waals surface area contributed by atoms with Crippen LogP contribution in [-0.2, 0) is 14.8 Å². The summed E-state index contributed by atoms with van der Waals surface area (Å²) in [7, 11) is -3.60. The van der Waals surface area contributed by atoms with Gasteiger partial charge in [-0.05, 0) is 36.4 Å².